The Hall–Kier alpha value is -1.42. The Morgan fingerprint density at radius 3 is 2.71 bits per heavy atom. The Morgan fingerprint density at radius 2 is 2.21 bits per heavy atom. The molecule has 0 aliphatic carbocycles. The number of amidine groups is 1. The van der Waals surface area contributed by atoms with Crippen LogP contribution >= 0.6 is 11.6 Å². The quantitative estimate of drug-likeness (QED) is 0.341. The average Bonchev–Trinajstić information content (AvgIpc) is 2.15. The van der Waals surface area contributed by atoms with Crippen LogP contribution in [-0.4, -0.2) is 18.2 Å². The molecule has 3 N–H and O–H groups in total. The fourth-order valence-electron chi connectivity index (χ4n) is 1.24. The summed E-state index contributed by atoms with van der Waals surface area (Å²) in [4.78, 5) is 0. The van der Waals surface area contributed by atoms with E-state index >= 15 is 0 Å². The summed E-state index contributed by atoms with van der Waals surface area (Å²) in [6, 6.07) is 3.33. The second kappa shape index (κ2) is 4.19. The monoisotopic (exact) mass is 214 g/mol. The highest BCUT2D eigenvalue weighted by atomic mass is 35.5. The van der Waals surface area contributed by atoms with Gasteiger partial charge < -0.3 is 15.7 Å². The maximum atomic E-state index is 8.55. The molecule has 0 bridgehead atoms. The number of oxime groups is 1. The summed E-state index contributed by atoms with van der Waals surface area (Å²) < 4.78 is 5.12. The molecule has 1 aromatic carbocycles. The first-order valence-electron chi connectivity index (χ1n) is 3.92. The van der Waals surface area contributed by atoms with Crippen LogP contribution in [-0.2, 0) is 0 Å². The number of rotatable bonds is 2. The molecule has 0 aliphatic heterocycles. The molecule has 0 fully saturated rings. The number of nitrogens with zero attached hydrogens (tertiary/aromatic N) is 1. The third-order valence-corrected chi connectivity index (χ3v) is 2.05. The van der Waals surface area contributed by atoms with Crippen molar-refractivity contribution in [1.29, 1.82) is 0 Å². The molecule has 0 aromatic heterocycles. The molecule has 76 valence electrons. The number of hydrogen-bond acceptors (Lipinski definition) is 3. The molecule has 0 aliphatic rings. The Balaban J connectivity index is 3.39. The van der Waals surface area contributed by atoms with Crippen molar-refractivity contribution >= 4 is 17.4 Å². The smallest absolute Gasteiger partial charge is 0.173 e. The van der Waals surface area contributed by atoms with E-state index in [0.717, 1.165) is 5.56 Å². The Labute approximate surface area is 86.9 Å². The van der Waals surface area contributed by atoms with Crippen molar-refractivity contribution in [3.05, 3.63) is 28.3 Å². The van der Waals surface area contributed by atoms with Crippen LogP contribution in [0.5, 0.6) is 5.75 Å². The van der Waals surface area contributed by atoms with Gasteiger partial charge in [0.25, 0.3) is 0 Å². The lowest BCUT2D eigenvalue weighted by Gasteiger charge is -2.10. The van der Waals surface area contributed by atoms with Crippen LogP contribution in [0.2, 0.25) is 5.02 Å². The topological polar surface area (TPSA) is 67.8 Å². The molecule has 0 atom stereocenters. The molecule has 0 saturated carbocycles. The molecule has 14 heavy (non-hydrogen) atoms. The lowest BCUT2D eigenvalue weighted by atomic mass is 10.1. The summed E-state index contributed by atoms with van der Waals surface area (Å²) in [7, 11) is 1.52. The van der Waals surface area contributed by atoms with E-state index in [1.807, 2.05) is 6.92 Å². The molecular weight excluding hydrogens is 204 g/mol. The van der Waals surface area contributed by atoms with Crippen molar-refractivity contribution in [3.8, 4) is 5.75 Å². The molecule has 4 nitrogen and oxygen atoms in total. The Kier molecular flexibility index (Phi) is 3.19. The summed E-state index contributed by atoms with van der Waals surface area (Å²) in [5.41, 5.74) is 6.79. The molecule has 0 unspecified atom stereocenters. The first kappa shape index (κ1) is 10.7. The van der Waals surface area contributed by atoms with E-state index in [-0.39, 0.29) is 5.84 Å². The van der Waals surface area contributed by atoms with Crippen LogP contribution in [0.1, 0.15) is 11.1 Å². The van der Waals surface area contributed by atoms with Crippen LogP contribution in [0.25, 0.3) is 0 Å². The van der Waals surface area contributed by atoms with Gasteiger partial charge in [-0.05, 0) is 24.6 Å². The number of benzene rings is 1. The number of aryl methyl sites for hydroxylation is 1. The second-order valence-corrected chi connectivity index (χ2v) is 3.23. The van der Waals surface area contributed by atoms with E-state index in [2.05, 4.69) is 5.16 Å². The molecular formula is C9H11ClN2O2. The van der Waals surface area contributed by atoms with Gasteiger partial charge in [0, 0.05) is 5.02 Å². The van der Waals surface area contributed by atoms with Gasteiger partial charge in [-0.25, -0.2) is 0 Å². The van der Waals surface area contributed by atoms with Gasteiger partial charge >= 0.3 is 0 Å². The molecule has 1 aromatic rings. The normalized spacial score (nSPS) is 11.5. The number of nitrogens with two attached hydrogens (primary N) is 1. The van der Waals surface area contributed by atoms with E-state index in [1.54, 1.807) is 12.1 Å². The van der Waals surface area contributed by atoms with E-state index in [0.29, 0.717) is 16.3 Å². The van der Waals surface area contributed by atoms with Crippen molar-refractivity contribution in [1.82, 2.24) is 0 Å². The standard InChI is InChI=1S/C9H11ClN2O2/c1-5-3-6(10)4-7(8(5)14-2)9(11)12-13/h3-4,13H,1-2H3,(H2,11,12). The average molecular weight is 215 g/mol. The number of hydrogen-bond donors (Lipinski definition) is 2. The third-order valence-electron chi connectivity index (χ3n) is 1.83. The molecule has 5 heteroatoms. The zero-order valence-electron chi connectivity index (χ0n) is 7.91. The SMILES string of the molecule is COc1c(C)cc(Cl)cc1/C(N)=N/O. The van der Waals surface area contributed by atoms with Crippen molar-refractivity contribution in [3.63, 3.8) is 0 Å². The van der Waals surface area contributed by atoms with Crippen LogP contribution in [0.3, 0.4) is 0 Å². The Bertz CT molecular complexity index is 377. The van der Waals surface area contributed by atoms with Crippen LogP contribution < -0.4 is 10.5 Å². The zero-order chi connectivity index (χ0) is 10.7. The lowest BCUT2D eigenvalue weighted by Crippen LogP contribution is -2.15. The maximum Gasteiger partial charge on any atom is 0.173 e. The van der Waals surface area contributed by atoms with Gasteiger partial charge in [0.05, 0.1) is 12.7 Å². The minimum atomic E-state index is -0.0209. The van der Waals surface area contributed by atoms with Crippen LogP contribution in [0.4, 0.5) is 0 Å². The van der Waals surface area contributed by atoms with Crippen LogP contribution in [0.15, 0.2) is 17.3 Å². The van der Waals surface area contributed by atoms with Crippen molar-refractivity contribution < 1.29 is 9.94 Å². The number of methoxy groups -OCH3 is 1. The summed E-state index contributed by atoms with van der Waals surface area (Å²) >= 11 is 5.83. The zero-order valence-corrected chi connectivity index (χ0v) is 8.67. The van der Waals surface area contributed by atoms with Crippen molar-refractivity contribution in [2.45, 2.75) is 6.92 Å². The highest BCUT2D eigenvalue weighted by Crippen LogP contribution is 2.27. The van der Waals surface area contributed by atoms with Gasteiger partial charge in [-0.3, -0.25) is 0 Å². The molecule has 1 rings (SSSR count). The van der Waals surface area contributed by atoms with Gasteiger partial charge in [0.15, 0.2) is 5.84 Å². The number of ether oxygens (including phenoxy) is 1. The second-order valence-electron chi connectivity index (χ2n) is 2.79. The lowest BCUT2D eigenvalue weighted by molar-refractivity contribution is 0.318. The predicted octanol–water partition coefficient (Wildman–Crippen LogP) is 1.75. The molecule has 0 spiro atoms. The minimum absolute atomic E-state index is 0.0209. The fourth-order valence-corrected chi connectivity index (χ4v) is 1.52. The highest BCUT2D eigenvalue weighted by molar-refractivity contribution is 6.31. The number of halogens is 1. The first-order chi connectivity index (χ1) is 6.60. The molecule has 0 heterocycles. The molecule has 0 amide bonds. The summed E-state index contributed by atoms with van der Waals surface area (Å²) in [6.07, 6.45) is 0. The van der Waals surface area contributed by atoms with Gasteiger partial charge in [-0.2, -0.15) is 0 Å². The van der Waals surface area contributed by atoms with Crippen LogP contribution in [0, 0.1) is 6.92 Å². The van der Waals surface area contributed by atoms with Gasteiger partial charge in [-0.15, -0.1) is 0 Å². The minimum Gasteiger partial charge on any atom is -0.496 e. The fraction of sp³-hybridized carbons (Fsp3) is 0.222. The van der Waals surface area contributed by atoms with Crippen molar-refractivity contribution in [2.75, 3.05) is 7.11 Å². The summed E-state index contributed by atoms with van der Waals surface area (Å²) in [6.45, 7) is 1.83. The summed E-state index contributed by atoms with van der Waals surface area (Å²) in [5, 5.41) is 12.0. The maximum absolute atomic E-state index is 8.55. The largest absolute Gasteiger partial charge is 0.496 e. The third kappa shape index (κ3) is 1.90. The molecule has 0 radical (unpaired) electrons. The highest BCUT2D eigenvalue weighted by Gasteiger charge is 2.11. The van der Waals surface area contributed by atoms with E-state index < -0.39 is 0 Å². The van der Waals surface area contributed by atoms with E-state index in [4.69, 9.17) is 27.3 Å². The molecule has 0 saturated heterocycles. The van der Waals surface area contributed by atoms with E-state index in [1.165, 1.54) is 7.11 Å². The van der Waals surface area contributed by atoms with Gasteiger partial charge in [-0.1, -0.05) is 16.8 Å². The first-order valence-corrected chi connectivity index (χ1v) is 4.30. The van der Waals surface area contributed by atoms with Gasteiger partial charge in [0.1, 0.15) is 5.75 Å². The summed E-state index contributed by atoms with van der Waals surface area (Å²) in [5.74, 6) is 0.539. The predicted molar refractivity (Wildman–Crippen MR) is 55.3 cm³/mol. The van der Waals surface area contributed by atoms with Crippen molar-refractivity contribution in [2.24, 2.45) is 10.9 Å². The van der Waals surface area contributed by atoms with Gasteiger partial charge in [0.2, 0.25) is 0 Å². The Morgan fingerprint density at radius 1 is 1.57 bits per heavy atom. The van der Waals surface area contributed by atoms with E-state index in [9.17, 15) is 0 Å².